The number of aromatic nitrogens is 1. The number of aryl methyl sites for hydroxylation is 2. The van der Waals surface area contributed by atoms with Crippen LogP contribution in [0, 0.1) is 0 Å². The second-order valence-corrected chi connectivity index (χ2v) is 3.20. The third-order valence-corrected chi connectivity index (χ3v) is 2.09. The molecule has 0 aliphatic rings. The van der Waals surface area contributed by atoms with Crippen molar-refractivity contribution in [1.82, 2.24) is 4.57 Å². The Labute approximate surface area is 70.2 Å². The Kier molecular flexibility index (Phi) is 2.55. The highest BCUT2D eigenvalue weighted by molar-refractivity contribution is 9.10. The fourth-order valence-corrected chi connectivity index (χ4v) is 1.62. The zero-order chi connectivity index (χ0) is 7.56. The van der Waals surface area contributed by atoms with Crippen LogP contribution in [-0.4, -0.2) is 4.57 Å². The summed E-state index contributed by atoms with van der Waals surface area (Å²) in [6.07, 6.45) is 3.23. The molecule has 0 radical (unpaired) electrons. The lowest BCUT2D eigenvalue weighted by Crippen LogP contribution is -1.96. The van der Waals surface area contributed by atoms with Crippen LogP contribution < -0.4 is 0 Å². The van der Waals surface area contributed by atoms with Crippen molar-refractivity contribution >= 4 is 15.9 Å². The van der Waals surface area contributed by atoms with Gasteiger partial charge in [0.25, 0.3) is 0 Å². The molecule has 0 aliphatic heterocycles. The quantitative estimate of drug-likeness (QED) is 0.694. The average molecular weight is 202 g/mol. The Hall–Kier alpha value is -0.240. The number of hydrogen-bond acceptors (Lipinski definition) is 0. The molecule has 0 aromatic carbocycles. The lowest BCUT2D eigenvalue weighted by Gasteiger charge is -2.00. The third-order valence-electron chi connectivity index (χ3n) is 1.66. The predicted octanol–water partition coefficient (Wildman–Crippen LogP) is 2.83. The van der Waals surface area contributed by atoms with E-state index >= 15 is 0 Å². The molecule has 0 aliphatic carbocycles. The van der Waals surface area contributed by atoms with Gasteiger partial charge in [0, 0.05) is 22.9 Å². The molecule has 0 atom stereocenters. The van der Waals surface area contributed by atoms with E-state index in [1.54, 1.807) is 0 Å². The molecule has 56 valence electrons. The van der Waals surface area contributed by atoms with Crippen molar-refractivity contribution in [2.24, 2.45) is 0 Å². The van der Waals surface area contributed by atoms with Crippen LogP contribution in [0.15, 0.2) is 16.7 Å². The van der Waals surface area contributed by atoms with Crippen molar-refractivity contribution in [3.05, 3.63) is 22.4 Å². The van der Waals surface area contributed by atoms with E-state index in [0.717, 1.165) is 13.0 Å². The maximum atomic E-state index is 3.44. The van der Waals surface area contributed by atoms with E-state index in [9.17, 15) is 0 Å². The first-order chi connectivity index (χ1) is 4.77. The highest BCUT2D eigenvalue weighted by atomic mass is 79.9. The number of halogens is 1. The maximum Gasteiger partial charge on any atom is 0.0354 e. The van der Waals surface area contributed by atoms with Crippen LogP contribution in [0.1, 0.15) is 19.5 Å². The molecule has 1 heterocycles. The van der Waals surface area contributed by atoms with E-state index < -0.39 is 0 Å². The molecule has 1 nitrogen and oxygen atoms in total. The zero-order valence-electron chi connectivity index (χ0n) is 6.39. The lowest BCUT2D eigenvalue weighted by molar-refractivity contribution is 0.721. The monoisotopic (exact) mass is 201 g/mol. The van der Waals surface area contributed by atoms with Crippen molar-refractivity contribution in [1.29, 1.82) is 0 Å². The van der Waals surface area contributed by atoms with E-state index in [1.807, 2.05) is 0 Å². The standard InChI is InChI=1S/C8H12BrN/c1-3-8-5-7(9)6-10(8)4-2/h5-6H,3-4H2,1-2H3. The summed E-state index contributed by atoms with van der Waals surface area (Å²) in [6, 6.07) is 2.17. The van der Waals surface area contributed by atoms with Gasteiger partial charge in [0.15, 0.2) is 0 Å². The first-order valence-electron chi connectivity index (χ1n) is 3.62. The second kappa shape index (κ2) is 3.24. The molecule has 0 N–H and O–H groups in total. The van der Waals surface area contributed by atoms with Gasteiger partial charge in [-0.25, -0.2) is 0 Å². The summed E-state index contributed by atoms with van der Waals surface area (Å²) in [7, 11) is 0. The zero-order valence-corrected chi connectivity index (χ0v) is 7.98. The van der Waals surface area contributed by atoms with Gasteiger partial charge < -0.3 is 4.57 Å². The SMILES string of the molecule is CCc1cc(Br)cn1CC. The van der Waals surface area contributed by atoms with E-state index in [4.69, 9.17) is 0 Å². The summed E-state index contributed by atoms with van der Waals surface area (Å²) in [5.41, 5.74) is 1.40. The topological polar surface area (TPSA) is 4.93 Å². The normalized spacial score (nSPS) is 10.3. The fraction of sp³-hybridized carbons (Fsp3) is 0.500. The minimum atomic E-state index is 1.06. The summed E-state index contributed by atoms with van der Waals surface area (Å²) in [5, 5.41) is 0. The van der Waals surface area contributed by atoms with E-state index in [-0.39, 0.29) is 0 Å². The van der Waals surface area contributed by atoms with Crippen LogP contribution >= 0.6 is 15.9 Å². The van der Waals surface area contributed by atoms with Gasteiger partial charge in [-0.1, -0.05) is 6.92 Å². The molecule has 0 fully saturated rings. The van der Waals surface area contributed by atoms with Crippen LogP contribution in [0.5, 0.6) is 0 Å². The molecule has 1 aromatic heterocycles. The summed E-state index contributed by atoms with van der Waals surface area (Å²) >= 11 is 3.44. The van der Waals surface area contributed by atoms with Gasteiger partial charge in [-0.3, -0.25) is 0 Å². The highest BCUT2D eigenvalue weighted by Gasteiger charge is 1.98. The predicted molar refractivity (Wildman–Crippen MR) is 47.2 cm³/mol. The Morgan fingerprint density at radius 3 is 2.60 bits per heavy atom. The molecule has 10 heavy (non-hydrogen) atoms. The maximum absolute atomic E-state index is 3.44. The minimum absolute atomic E-state index is 1.06. The average Bonchev–Trinajstić information content (AvgIpc) is 2.30. The van der Waals surface area contributed by atoms with Gasteiger partial charge in [-0.15, -0.1) is 0 Å². The Morgan fingerprint density at radius 2 is 2.20 bits per heavy atom. The Balaban J connectivity index is 2.96. The molecular weight excluding hydrogens is 190 g/mol. The van der Waals surface area contributed by atoms with Gasteiger partial charge in [0.1, 0.15) is 0 Å². The summed E-state index contributed by atoms with van der Waals surface area (Å²) in [6.45, 7) is 5.40. The van der Waals surface area contributed by atoms with Gasteiger partial charge in [-0.2, -0.15) is 0 Å². The van der Waals surface area contributed by atoms with E-state index in [1.165, 1.54) is 10.2 Å². The first-order valence-corrected chi connectivity index (χ1v) is 4.41. The molecule has 1 aromatic rings. The molecule has 0 bridgehead atoms. The first kappa shape index (κ1) is 7.86. The molecule has 0 amide bonds. The summed E-state index contributed by atoms with van der Waals surface area (Å²) in [5.74, 6) is 0. The minimum Gasteiger partial charge on any atom is -0.351 e. The lowest BCUT2D eigenvalue weighted by atomic mass is 10.3. The van der Waals surface area contributed by atoms with E-state index in [2.05, 4.69) is 46.6 Å². The molecule has 0 saturated heterocycles. The Bertz CT molecular complexity index is 194. The van der Waals surface area contributed by atoms with Gasteiger partial charge in [0.05, 0.1) is 0 Å². The van der Waals surface area contributed by atoms with Gasteiger partial charge in [0.2, 0.25) is 0 Å². The van der Waals surface area contributed by atoms with E-state index in [0.29, 0.717) is 0 Å². The van der Waals surface area contributed by atoms with Crippen LogP contribution in [0.3, 0.4) is 0 Å². The van der Waals surface area contributed by atoms with Gasteiger partial charge >= 0.3 is 0 Å². The van der Waals surface area contributed by atoms with Crippen LogP contribution in [0.25, 0.3) is 0 Å². The number of hydrogen-bond donors (Lipinski definition) is 0. The molecule has 0 unspecified atom stereocenters. The number of nitrogens with zero attached hydrogens (tertiary/aromatic N) is 1. The van der Waals surface area contributed by atoms with Crippen LogP contribution in [-0.2, 0) is 13.0 Å². The highest BCUT2D eigenvalue weighted by Crippen LogP contribution is 2.14. The Morgan fingerprint density at radius 1 is 1.50 bits per heavy atom. The number of rotatable bonds is 2. The fourth-order valence-electron chi connectivity index (χ4n) is 1.11. The molecule has 0 spiro atoms. The van der Waals surface area contributed by atoms with Crippen molar-refractivity contribution in [2.75, 3.05) is 0 Å². The summed E-state index contributed by atoms with van der Waals surface area (Å²) < 4.78 is 3.44. The van der Waals surface area contributed by atoms with Crippen molar-refractivity contribution in [3.8, 4) is 0 Å². The molecule has 1 rings (SSSR count). The van der Waals surface area contributed by atoms with Crippen LogP contribution in [0.2, 0.25) is 0 Å². The van der Waals surface area contributed by atoms with Crippen LogP contribution in [0.4, 0.5) is 0 Å². The molecular formula is C8H12BrN. The smallest absolute Gasteiger partial charge is 0.0354 e. The largest absolute Gasteiger partial charge is 0.351 e. The molecule has 0 saturated carbocycles. The van der Waals surface area contributed by atoms with Gasteiger partial charge in [-0.05, 0) is 35.3 Å². The molecule has 2 heteroatoms. The summed E-state index contributed by atoms with van der Waals surface area (Å²) in [4.78, 5) is 0. The second-order valence-electron chi connectivity index (χ2n) is 2.29. The van der Waals surface area contributed by atoms with Crippen molar-refractivity contribution in [2.45, 2.75) is 26.8 Å². The van der Waals surface area contributed by atoms with Crippen molar-refractivity contribution in [3.63, 3.8) is 0 Å². The third kappa shape index (κ3) is 1.43. The van der Waals surface area contributed by atoms with Crippen molar-refractivity contribution < 1.29 is 0 Å².